The molecule has 2 aliphatic rings. The number of nitrogens with zero attached hydrogens (tertiary/aromatic N) is 1. The molecule has 2 aliphatic heterocycles. The van der Waals surface area contributed by atoms with Crippen molar-refractivity contribution in [2.45, 2.75) is 25.0 Å². The fourth-order valence-electron chi connectivity index (χ4n) is 2.60. The maximum Gasteiger partial charge on any atom is 0.310 e. The Morgan fingerprint density at radius 1 is 1.20 bits per heavy atom. The highest BCUT2D eigenvalue weighted by atomic mass is 16.5. The van der Waals surface area contributed by atoms with Crippen LogP contribution in [0.3, 0.4) is 0 Å². The van der Waals surface area contributed by atoms with Gasteiger partial charge in [0.05, 0.1) is 24.0 Å². The van der Waals surface area contributed by atoms with Crippen LogP contribution in [0.1, 0.15) is 12.8 Å². The number of carbonyl (C=O) groups excluding carboxylic acids is 1. The normalized spacial score (nSPS) is 38.0. The van der Waals surface area contributed by atoms with Crippen LogP contribution in [-0.2, 0) is 14.3 Å². The molecule has 0 saturated carbocycles. The molecule has 1 amide bonds. The van der Waals surface area contributed by atoms with E-state index < -0.39 is 17.8 Å². The predicted molar refractivity (Wildman–Crippen MR) is 51.2 cm³/mol. The standard InChI is InChI=1S/C10H15NO4/c1-11(2)9(12)7-5-3-4-6(15-5)8(7)10(13)14/h5-8H,3-4H2,1-2H3,(H,13,14)/t5?,6?,7-,8+/m0/s1. The molecule has 2 bridgehead atoms. The smallest absolute Gasteiger partial charge is 0.310 e. The third-order valence-corrected chi connectivity index (χ3v) is 3.28. The van der Waals surface area contributed by atoms with Crippen LogP contribution < -0.4 is 0 Å². The molecule has 0 radical (unpaired) electrons. The molecule has 15 heavy (non-hydrogen) atoms. The van der Waals surface area contributed by atoms with Gasteiger partial charge in [0.1, 0.15) is 0 Å². The Kier molecular flexibility index (Phi) is 2.42. The fourth-order valence-corrected chi connectivity index (χ4v) is 2.60. The van der Waals surface area contributed by atoms with Gasteiger partial charge in [0.25, 0.3) is 0 Å². The summed E-state index contributed by atoms with van der Waals surface area (Å²) >= 11 is 0. The molecule has 2 saturated heterocycles. The van der Waals surface area contributed by atoms with Gasteiger partial charge in [0, 0.05) is 14.1 Å². The lowest BCUT2D eigenvalue weighted by molar-refractivity contribution is -0.149. The van der Waals surface area contributed by atoms with Crippen molar-refractivity contribution in [1.82, 2.24) is 4.90 Å². The number of aliphatic carboxylic acids is 1. The number of carbonyl (C=O) groups is 2. The number of carboxylic acid groups (broad SMARTS) is 1. The van der Waals surface area contributed by atoms with E-state index in [1.807, 2.05) is 0 Å². The molecule has 0 aromatic heterocycles. The summed E-state index contributed by atoms with van der Waals surface area (Å²) in [6, 6.07) is 0. The first kappa shape index (κ1) is 10.4. The minimum atomic E-state index is -0.914. The zero-order valence-corrected chi connectivity index (χ0v) is 8.84. The first-order chi connectivity index (χ1) is 7.02. The van der Waals surface area contributed by atoms with Gasteiger partial charge >= 0.3 is 5.97 Å². The Morgan fingerprint density at radius 2 is 1.73 bits per heavy atom. The van der Waals surface area contributed by atoms with Crippen molar-refractivity contribution in [3.05, 3.63) is 0 Å². The Labute approximate surface area is 88.0 Å². The quantitative estimate of drug-likeness (QED) is 0.698. The van der Waals surface area contributed by atoms with Gasteiger partial charge in [0.2, 0.25) is 5.91 Å². The van der Waals surface area contributed by atoms with Gasteiger partial charge in [-0.05, 0) is 12.8 Å². The lowest BCUT2D eigenvalue weighted by atomic mass is 9.78. The average molecular weight is 213 g/mol. The lowest BCUT2D eigenvalue weighted by Crippen LogP contribution is -2.43. The molecule has 0 spiro atoms. The molecule has 0 aliphatic carbocycles. The number of amides is 1. The van der Waals surface area contributed by atoms with Crippen LogP contribution in [0.4, 0.5) is 0 Å². The average Bonchev–Trinajstić information content (AvgIpc) is 2.74. The van der Waals surface area contributed by atoms with Gasteiger partial charge in [-0.15, -0.1) is 0 Å². The highest BCUT2D eigenvalue weighted by Crippen LogP contribution is 2.44. The van der Waals surface area contributed by atoms with E-state index >= 15 is 0 Å². The Hall–Kier alpha value is -1.10. The molecule has 4 atom stereocenters. The van der Waals surface area contributed by atoms with Crippen molar-refractivity contribution >= 4 is 11.9 Å². The first-order valence-corrected chi connectivity index (χ1v) is 5.12. The minimum absolute atomic E-state index is 0.130. The minimum Gasteiger partial charge on any atom is -0.481 e. The van der Waals surface area contributed by atoms with E-state index in [4.69, 9.17) is 9.84 Å². The molecule has 2 fully saturated rings. The zero-order valence-electron chi connectivity index (χ0n) is 8.84. The van der Waals surface area contributed by atoms with Crippen LogP contribution in [-0.4, -0.2) is 48.2 Å². The summed E-state index contributed by atoms with van der Waals surface area (Å²) in [4.78, 5) is 24.4. The van der Waals surface area contributed by atoms with E-state index in [0.717, 1.165) is 12.8 Å². The third-order valence-electron chi connectivity index (χ3n) is 3.28. The van der Waals surface area contributed by atoms with Gasteiger partial charge < -0.3 is 14.7 Å². The summed E-state index contributed by atoms with van der Waals surface area (Å²) < 4.78 is 5.50. The van der Waals surface area contributed by atoms with E-state index in [0.29, 0.717) is 0 Å². The largest absolute Gasteiger partial charge is 0.481 e. The highest BCUT2D eigenvalue weighted by Gasteiger charge is 2.55. The van der Waals surface area contributed by atoms with Crippen LogP contribution in [0.5, 0.6) is 0 Å². The number of ether oxygens (including phenoxy) is 1. The highest BCUT2D eigenvalue weighted by molar-refractivity contribution is 5.86. The third kappa shape index (κ3) is 1.51. The molecule has 5 heteroatoms. The fraction of sp³-hybridized carbons (Fsp3) is 0.800. The molecular weight excluding hydrogens is 198 g/mol. The second kappa shape index (κ2) is 3.48. The van der Waals surface area contributed by atoms with Gasteiger partial charge in [-0.2, -0.15) is 0 Å². The second-order valence-electron chi connectivity index (χ2n) is 4.41. The van der Waals surface area contributed by atoms with E-state index in [2.05, 4.69) is 0 Å². The predicted octanol–water partition coefficient (Wildman–Crippen LogP) is -0.0472. The summed E-state index contributed by atoms with van der Waals surface area (Å²) in [6.45, 7) is 0. The van der Waals surface area contributed by atoms with Crippen LogP contribution >= 0.6 is 0 Å². The topological polar surface area (TPSA) is 66.8 Å². The summed E-state index contributed by atoms with van der Waals surface area (Å²) in [5.74, 6) is -2.19. The summed E-state index contributed by atoms with van der Waals surface area (Å²) in [5, 5.41) is 9.09. The monoisotopic (exact) mass is 213 g/mol. The number of hydrogen-bond acceptors (Lipinski definition) is 3. The van der Waals surface area contributed by atoms with Crippen LogP contribution in [0.2, 0.25) is 0 Å². The van der Waals surface area contributed by atoms with E-state index in [-0.39, 0.29) is 18.1 Å². The van der Waals surface area contributed by atoms with E-state index in [1.165, 1.54) is 4.90 Å². The number of carboxylic acids is 1. The van der Waals surface area contributed by atoms with Crippen molar-refractivity contribution in [3.8, 4) is 0 Å². The van der Waals surface area contributed by atoms with Gasteiger partial charge in [0.15, 0.2) is 0 Å². The Bertz CT molecular complexity index is 302. The van der Waals surface area contributed by atoms with Crippen LogP contribution in [0, 0.1) is 11.8 Å². The number of rotatable bonds is 2. The van der Waals surface area contributed by atoms with Gasteiger partial charge in [-0.3, -0.25) is 9.59 Å². The van der Waals surface area contributed by atoms with Crippen LogP contribution in [0.25, 0.3) is 0 Å². The molecular formula is C10H15NO4. The summed E-state index contributed by atoms with van der Waals surface area (Å²) in [5.41, 5.74) is 0. The molecule has 2 heterocycles. The first-order valence-electron chi connectivity index (χ1n) is 5.12. The summed E-state index contributed by atoms with van der Waals surface area (Å²) in [7, 11) is 3.29. The number of hydrogen-bond donors (Lipinski definition) is 1. The van der Waals surface area contributed by atoms with Gasteiger partial charge in [-0.1, -0.05) is 0 Å². The zero-order chi connectivity index (χ0) is 11.2. The SMILES string of the molecule is CN(C)C(=O)[C@H]1C2CCC(O2)[C@H]1C(=O)O. The molecule has 2 rings (SSSR count). The molecule has 0 aromatic rings. The van der Waals surface area contributed by atoms with E-state index in [9.17, 15) is 9.59 Å². The molecule has 1 N–H and O–H groups in total. The van der Waals surface area contributed by atoms with Crippen LogP contribution in [0.15, 0.2) is 0 Å². The van der Waals surface area contributed by atoms with E-state index in [1.54, 1.807) is 14.1 Å². The Morgan fingerprint density at radius 3 is 2.20 bits per heavy atom. The lowest BCUT2D eigenvalue weighted by Gasteiger charge is -2.26. The number of fused-ring (bicyclic) bond motifs is 2. The maximum absolute atomic E-state index is 11.8. The maximum atomic E-state index is 11.8. The van der Waals surface area contributed by atoms with Crippen molar-refractivity contribution < 1.29 is 19.4 Å². The van der Waals surface area contributed by atoms with Crippen molar-refractivity contribution in [2.24, 2.45) is 11.8 Å². The van der Waals surface area contributed by atoms with Crippen molar-refractivity contribution in [3.63, 3.8) is 0 Å². The molecule has 84 valence electrons. The second-order valence-corrected chi connectivity index (χ2v) is 4.41. The van der Waals surface area contributed by atoms with Crippen molar-refractivity contribution in [1.29, 1.82) is 0 Å². The summed E-state index contributed by atoms with van der Waals surface area (Å²) in [6.07, 6.45) is 1.12. The Balaban J connectivity index is 2.22. The molecule has 5 nitrogen and oxygen atoms in total. The van der Waals surface area contributed by atoms with Crippen molar-refractivity contribution in [2.75, 3.05) is 14.1 Å². The molecule has 0 aromatic carbocycles. The van der Waals surface area contributed by atoms with Gasteiger partial charge in [-0.25, -0.2) is 0 Å². The molecule has 2 unspecified atom stereocenters.